The van der Waals surface area contributed by atoms with Gasteiger partial charge in [-0.25, -0.2) is 4.79 Å². The van der Waals surface area contributed by atoms with E-state index in [9.17, 15) is 18.0 Å². The van der Waals surface area contributed by atoms with Crippen LogP contribution in [0.25, 0.3) is 0 Å². The fraction of sp³-hybridized carbons (Fsp3) is 0.188. The van der Waals surface area contributed by atoms with Crippen LogP contribution >= 0.6 is 11.6 Å². The fourth-order valence-corrected chi connectivity index (χ4v) is 2.13. The molecular weight excluding hydrogens is 333 g/mol. The second kappa shape index (κ2) is 6.91. The third-order valence-corrected chi connectivity index (χ3v) is 3.33. The summed E-state index contributed by atoms with van der Waals surface area (Å²) in [4.78, 5) is 11.5. The summed E-state index contributed by atoms with van der Waals surface area (Å²) in [5, 5.41) is -0.173. The first-order valence-electron chi connectivity index (χ1n) is 6.48. The minimum absolute atomic E-state index is 0.0577. The first kappa shape index (κ1) is 17.1. The minimum Gasteiger partial charge on any atom is -0.488 e. The lowest BCUT2D eigenvalue weighted by Crippen LogP contribution is -2.12. The molecule has 0 unspecified atom stereocenters. The zero-order valence-corrected chi connectivity index (χ0v) is 12.7. The number of carbonyl (C=O) groups is 1. The van der Waals surface area contributed by atoms with Crippen molar-refractivity contribution in [3.05, 3.63) is 64.2 Å². The predicted octanol–water partition coefficient (Wildman–Crippen LogP) is 4.72. The quantitative estimate of drug-likeness (QED) is 0.752. The molecule has 0 fully saturated rings. The van der Waals surface area contributed by atoms with Crippen LogP contribution in [-0.2, 0) is 17.5 Å². The Morgan fingerprint density at radius 1 is 1.17 bits per heavy atom. The highest BCUT2D eigenvalue weighted by molar-refractivity contribution is 6.33. The Balaban J connectivity index is 2.38. The monoisotopic (exact) mass is 344 g/mol. The summed E-state index contributed by atoms with van der Waals surface area (Å²) < 4.78 is 49.2. The second-order valence-electron chi connectivity index (χ2n) is 4.59. The van der Waals surface area contributed by atoms with Crippen molar-refractivity contribution in [2.75, 3.05) is 7.11 Å². The zero-order chi connectivity index (χ0) is 17.0. The van der Waals surface area contributed by atoms with Crippen LogP contribution in [0.2, 0.25) is 5.02 Å². The van der Waals surface area contributed by atoms with Crippen molar-refractivity contribution in [1.82, 2.24) is 0 Å². The molecule has 0 aromatic heterocycles. The van der Waals surface area contributed by atoms with Gasteiger partial charge in [0.25, 0.3) is 0 Å². The van der Waals surface area contributed by atoms with Crippen LogP contribution in [0.4, 0.5) is 13.2 Å². The largest absolute Gasteiger partial charge is 0.488 e. The van der Waals surface area contributed by atoms with E-state index in [1.807, 2.05) is 0 Å². The lowest BCUT2D eigenvalue weighted by atomic mass is 10.1. The Bertz CT molecular complexity index is 700. The summed E-state index contributed by atoms with van der Waals surface area (Å²) in [5.74, 6) is -1.39. The Morgan fingerprint density at radius 2 is 1.83 bits per heavy atom. The van der Waals surface area contributed by atoms with Crippen LogP contribution in [0.5, 0.6) is 5.75 Å². The topological polar surface area (TPSA) is 35.5 Å². The van der Waals surface area contributed by atoms with Crippen LogP contribution in [0.15, 0.2) is 42.5 Å². The zero-order valence-electron chi connectivity index (χ0n) is 12.0. The average molecular weight is 345 g/mol. The standard InChI is InChI=1S/C16H12ClF3O3/c1-22-15(21)11-7-12(16(18,19)20)14(8-13(11)17)23-9-10-5-3-2-4-6-10/h2-8H,9H2,1H3. The van der Waals surface area contributed by atoms with Gasteiger partial charge in [-0.05, 0) is 11.6 Å². The molecule has 0 radical (unpaired) electrons. The molecule has 0 N–H and O–H groups in total. The molecule has 0 aliphatic carbocycles. The number of halogens is 4. The molecule has 122 valence electrons. The van der Waals surface area contributed by atoms with E-state index in [0.29, 0.717) is 11.6 Å². The molecule has 0 heterocycles. The fourth-order valence-electron chi connectivity index (χ4n) is 1.90. The van der Waals surface area contributed by atoms with E-state index < -0.39 is 23.5 Å². The van der Waals surface area contributed by atoms with E-state index in [4.69, 9.17) is 16.3 Å². The predicted molar refractivity (Wildman–Crippen MR) is 78.6 cm³/mol. The van der Waals surface area contributed by atoms with Crippen molar-refractivity contribution in [3.63, 3.8) is 0 Å². The van der Waals surface area contributed by atoms with Crippen LogP contribution in [0.3, 0.4) is 0 Å². The minimum atomic E-state index is -4.70. The van der Waals surface area contributed by atoms with Gasteiger partial charge in [0, 0.05) is 6.07 Å². The van der Waals surface area contributed by atoms with Gasteiger partial charge in [-0.2, -0.15) is 13.2 Å². The Labute approximate surface area is 135 Å². The molecule has 2 aromatic carbocycles. The smallest absolute Gasteiger partial charge is 0.419 e. The maximum Gasteiger partial charge on any atom is 0.419 e. The van der Waals surface area contributed by atoms with Crippen LogP contribution in [0.1, 0.15) is 21.5 Å². The number of methoxy groups -OCH3 is 1. The molecule has 2 rings (SSSR count). The number of ether oxygens (including phenoxy) is 2. The highest BCUT2D eigenvalue weighted by Crippen LogP contribution is 2.39. The van der Waals surface area contributed by atoms with E-state index in [1.54, 1.807) is 30.3 Å². The molecule has 0 saturated heterocycles. The van der Waals surface area contributed by atoms with E-state index >= 15 is 0 Å². The van der Waals surface area contributed by atoms with Crippen molar-refractivity contribution >= 4 is 17.6 Å². The number of hydrogen-bond acceptors (Lipinski definition) is 3. The lowest BCUT2D eigenvalue weighted by molar-refractivity contribution is -0.139. The van der Waals surface area contributed by atoms with Crippen molar-refractivity contribution in [2.24, 2.45) is 0 Å². The van der Waals surface area contributed by atoms with Crippen LogP contribution in [0, 0.1) is 0 Å². The van der Waals surface area contributed by atoms with Crippen molar-refractivity contribution < 1.29 is 27.4 Å². The highest BCUT2D eigenvalue weighted by Gasteiger charge is 2.36. The molecule has 0 aliphatic heterocycles. The number of rotatable bonds is 4. The first-order valence-corrected chi connectivity index (χ1v) is 6.86. The second-order valence-corrected chi connectivity index (χ2v) is 5.00. The van der Waals surface area contributed by atoms with Gasteiger partial charge < -0.3 is 9.47 Å². The summed E-state index contributed by atoms with van der Waals surface area (Å²) in [6, 6.07) is 10.3. The molecule has 0 amide bonds. The number of benzene rings is 2. The van der Waals surface area contributed by atoms with Gasteiger partial charge in [-0.1, -0.05) is 41.9 Å². The van der Waals surface area contributed by atoms with E-state index in [-0.39, 0.29) is 17.2 Å². The maximum atomic E-state index is 13.2. The molecule has 7 heteroatoms. The Kier molecular flexibility index (Phi) is 5.15. The average Bonchev–Trinajstić information content (AvgIpc) is 2.52. The third kappa shape index (κ3) is 4.16. The van der Waals surface area contributed by atoms with Crippen molar-refractivity contribution in [3.8, 4) is 5.75 Å². The number of esters is 1. The van der Waals surface area contributed by atoms with Crippen molar-refractivity contribution in [2.45, 2.75) is 12.8 Å². The van der Waals surface area contributed by atoms with Crippen LogP contribution in [-0.4, -0.2) is 13.1 Å². The Hall–Kier alpha value is -2.21. The molecule has 0 spiro atoms. The van der Waals surface area contributed by atoms with Gasteiger partial charge >= 0.3 is 12.1 Å². The number of carbonyl (C=O) groups excluding carboxylic acids is 1. The molecule has 0 atom stereocenters. The summed E-state index contributed by atoms with van der Waals surface area (Å²) in [5.41, 5.74) is -0.749. The highest BCUT2D eigenvalue weighted by atomic mass is 35.5. The summed E-state index contributed by atoms with van der Waals surface area (Å²) in [6.45, 7) is -0.0577. The molecule has 2 aromatic rings. The van der Waals surface area contributed by atoms with Gasteiger partial charge in [-0.15, -0.1) is 0 Å². The van der Waals surface area contributed by atoms with Gasteiger partial charge in [-0.3, -0.25) is 0 Å². The van der Waals surface area contributed by atoms with Crippen LogP contribution < -0.4 is 4.74 Å². The lowest BCUT2D eigenvalue weighted by Gasteiger charge is -2.16. The van der Waals surface area contributed by atoms with Crippen molar-refractivity contribution in [1.29, 1.82) is 0 Å². The normalized spacial score (nSPS) is 11.2. The molecular formula is C16H12ClF3O3. The van der Waals surface area contributed by atoms with Gasteiger partial charge in [0.05, 0.1) is 23.3 Å². The third-order valence-electron chi connectivity index (χ3n) is 3.02. The van der Waals surface area contributed by atoms with Gasteiger partial charge in [0.15, 0.2) is 0 Å². The van der Waals surface area contributed by atoms with E-state index in [0.717, 1.165) is 13.2 Å². The van der Waals surface area contributed by atoms with E-state index in [2.05, 4.69) is 4.74 Å². The van der Waals surface area contributed by atoms with Gasteiger partial charge in [0.2, 0.25) is 0 Å². The molecule has 0 saturated carbocycles. The Morgan fingerprint density at radius 3 is 2.39 bits per heavy atom. The maximum absolute atomic E-state index is 13.2. The first-order chi connectivity index (χ1) is 10.8. The number of hydrogen-bond donors (Lipinski definition) is 0. The molecule has 23 heavy (non-hydrogen) atoms. The summed E-state index contributed by atoms with van der Waals surface area (Å²) >= 11 is 5.86. The van der Waals surface area contributed by atoms with Gasteiger partial charge in [0.1, 0.15) is 12.4 Å². The summed E-state index contributed by atoms with van der Waals surface area (Å²) in [7, 11) is 1.06. The number of alkyl halides is 3. The molecule has 3 nitrogen and oxygen atoms in total. The molecule has 0 aliphatic rings. The summed E-state index contributed by atoms with van der Waals surface area (Å²) in [6.07, 6.45) is -4.70. The molecule has 0 bridgehead atoms. The van der Waals surface area contributed by atoms with E-state index in [1.165, 1.54) is 0 Å². The SMILES string of the molecule is COC(=O)c1cc(C(F)(F)F)c(OCc2ccccc2)cc1Cl.